The molecule has 0 spiro atoms. The molecule has 0 aromatic carbocycles. The third-order valence-electron chi connectivity index (χ3n) is 2.70. The third-order valence-corrected chi connectivity index (χ3v) is 4.47. The Morgan fingerprint density at radius 1 is 1.56 bits per heavy atom. The van der Waals surface area contributed by atoms with Crippen molar-refractivity contribution in [3.8, 4) is 0 Å². The average molecular weight is 344 g/mol. The predicted molar refractivity (Wildman–Crippen MR) is 64.3 cm³/mol. The number of alkyl halides is 3. The van der Waals surface area contributed by atoms with Gasteiger partial charge in [0.05, 0.1) is 5.92 Å². The zero-order chi connectivity index (χ0) is 13.5. The molecule has 1 atom stereocenters. The van der Waals surface area contributed by atoms with Crippen LogP contribution >= 0.6 is 27.3 Å². The molecule has 9 heteroatoms. The second kappa shape index (κ2) is 4.69. The normalized spacial score (nSPS) is 20.4. The first-order valence-electron chi connectivity index (χ1n) is 5.07. The van der Waals surface area contributed by atoms with E-state index in [1.807, 2.05) is 0 Å². The second-order valence-electron chi connectivity index (χ2n) is 3.95. The molecule has 4 nitrogen and oxygen atoms in total. The van der Waals surface area contributed by atoms with Crippen LogP contribution in [0.1, 0.15) is 12.1 Å². The highest BCUT2D eigenvalue weighted by atomic mass is 79.9. The molecule has 2 rings (SSSR count). The van der Waals surface area contributed by atoms with E-state index in [-0.39, 0.29) is 14.8 Å². The summed E-state index contributed by atoms with van der Waals surface area (Å²) in [5.41, 5.74) is 4.24. The Morgan fingerprint density at radius 2 is 2.22 bits per heavy atom. The molecule has 1 aromatic heterocycles. The van der Waals surface area contributed by atoms with Crippen LogP contribution in [-0.2, 0) is 11.0 Å². The topological polar surface area (TPSA) is 59.2 Å². The number of primary amides is 1. The van der Waals surface area contributed by atoms with Gasteiger partial charge in [-0.05, 0) is 22.4 Å². The van der Waals surface area contributed by atoms with Gasteiger partial charge in [0.1, 0.15) is 3.79 Å². The van der Waals surface area contributed by atoms with E-state index in [0.29, 0.717) is 19.5 Å². The zero-order valence-corrected chi connectivity index (χ0v) is 11.4. The van der Waals surface area contributed by atoms with Crippen molar-refractivity contribution in [2.75, 3.05) is 18.0 Å². The molecule has 1 saturated heterocycles. The van der Waals surface area contributed by atoms with Crippen molar-refractivity contribution in [1.29, 1.82) is 0 Å². The van der Waals surface area contributed by atoms with Crippen LogP contribution in [0.15, 0.2) is 3.79 Å². The highest BCUT2D eigenvalue weighted by molar-refractivity contribution is 9.11. The molecule has 1 fully saturated rings. The number of halogens is 4. The number of anilines is 1. The number of aromatic nitrogens is 1. The number of carbonyl (C=O) groups excluding carboxylic acids is 1. The molecule has 1 aliphatic rings. The average Bonchev–Trinajstić information content (AvgIpc) is 2.81. The maximum absolute atomic E-state index is 12.6. The van der Waals surface area contributed by atoms with Gasteiger partial charge in [0.15, 0.2) is 10.8 Å². The number of rotatable bonds is 2. The summed E-state index contributed by atoms with van der Waals surface area (Å²) >= 11 is 3.77. The summed E-state index contributed by atoms with van der Waals surface area (Å²) in [6.07, 6.45) is -3.93. The van der Waals surface area contributed by atoms with Crippen LogP contribution in [0.4, 0.5) is 18.3 Å². The fourth-order valence-corrected chi connectivity index (χ4v) is 3.37. The van der Waals surface area contributed by atoms with E-state index in [9.17, 15) is 18.0 Å². The Bertz CT molecular complexity index is 476. The predicted octanol–water partition coefficient (Wildman–Crippen LogP) is 2.24. The van der Waals surface area contributed by atoms with Crippen molar-refractivity contribution in [3.63, 3.8) is 0 Å². The number of hydrogen-bond donors (Lipinski definition) is 1. The number of amides is 1. The van der Waals surface area contributed by atoms with Crippen LogP contribution in [0, 0.1) is 5.92 Å². The number of thiazole rings is 1. The minimum absolute atomic E-state index is 0.0486. The van der Waals surface area contributed by atoms with Crippen LogP contribution in [0.2, 0.25) is 0 Å². The zero-order valence-electron chi connectivity index (χ0n) is 9.00. The largest absolute Gasteiger partial charge is 0.435 e. The summed E-state index contributed by atoms with van der Waals surface area (Å²) in [5, 5.41) is 0.262. The maximum atomic E-state index is 12.6. The van der Waals surface area contributed by atoms with Gasteiger partial charge in [-0.3, -0.25) is 4.79 Å². The van der Waals surface area contributed by atoms with E-state index in [1.54, 1.807) is 4.90 Å². The number of nitrogens with two attached hydrogens (primary N) is 1. The lowest BCUT2D eigenvalue weighted by Gasteiger charge is -2.13. The van der Waals surface area contributed by atoms with Crippen molar-refractivity contribution in [1.82, 2.24) is 4.98 Å². The first-order chi connectivity index (χ1) is 8.29. The number of hydrogen-bond acceptors (Lipinski definition) is 4. The van der Waals surface area contributed by atoms with Gasteiger partial charge < -0.3 is 10.6 Å². The van der Waals surface area contributed by atoms with Gasteiger partial charge in [-0.2, -0.15) is 13.2 Å². The molecule has 0 aliphatic carbocycles. The van der Waals surface area contributed by atoms with E-state index in [4.69, 9.17) is 5.73 Å². The Hall–Kier alpha value is -0.830. The summed E-state index contributed by atoms with van der Waals surface area (Å²) in [6.45, 7) is 0.817. The highest BCUT2D eigenvalue weighted by Gasteiger charge is 2.38. The molecule has 18 heavy (non-hydrogen) atoms. The summed E-state index contributed by atoms with van der Waals surface area (Å²) in [6, 6.07) is 0. The summed E-state index contributed by atoms with van der Waals surface area (Å²) in [5.74, 6) is -0.744. The molecule has 0 saturated carbocycles. The van der Waals surface area contributed by atoms with E-state index in [2.05, 4.69) is 20.9 Å². The van der Waals surface area contributed by atoms with Gasteiger partial charge in [-0.25, -0.2) is 4.98 Å². The third kappa shape index (κ3) is 2.61. The fraction of sp³-hybridized carbons (Fsp3) is 0.556. The smallest absolute Gasteiger partial charge is 0.369 e. The molecule has 0 bridgehead atoms. The van der Waals surface area contributed by atoms with Crippen molar-refractivity contribution in [2.24, 2.45) is 11.7 Å². The summed E-state index contributed by atoms with van der Waals surface area (Å²) < 4.78 is 37.7. The van der Waals surface area contributed by atoms with Crippen LogP contribution in [0.3, 0.4) is 0 Å². The monoisotopic (exact) mass is 343 g/mol. The Labute approximate surface area is 113 Å². The van der Waals surface area contributed by atoms with Gasteiger partial charge in [0.2, 0.25) is 5.91 Å². The molecular formula is C9H9BrF3N3OS. The number of nitrogens with zero attached hydrogens (tertiary/aromatic N) is 2. The van der Waals surface area contributed by atoms with Gasteiger partial charge in [-0.15, -0.1) is 0 Å². The van der Waals surface area contributed by atoms with Crippen LogP contribution in [0.5, 0.6) is 0 Å². The standard InChI is InChI=1S/C9H9BrF3N3OS/c10-6-5(9(11,12)13)15-8(18-6)16-2-1-4(3-16)7(14)17/h4H,1-3H2,(H2,14,17)/t4-/m0/s1. The highest BCUT2D eigenvalue weighted by Crippen LogP contribution is 2.41. The lowest BCUT2D eigenvalue weighted by Crippen LogP contribution is -2.27. The van der Waals surface area contributed by atoms with Crippen molar-refractivity contribution in [3.05, 3.63) is 9.48 Å². The van der Waals surface area contributed by atoms with Gasteiger partial charge in [0.25, 0.3) is 0 Å². The maximum Gasteiger partial charge on any atom is 0.435 e. The minimum Gasteiger partial charge on any atom is -0.369 e. The van der Waals surface area contributed by atoms with E-state index < -0.39 is 17.8 Å². The van der Waals surface area contributed by atoms with Crippen LogP contribution < -0.4 is 10.6 Å². The molecule has 0 unspecified atom stereocenters. The first kappa shape index (κ1) is 13.6. The first-order valence-corrected chi connectivity index (χ1v) is 6.67. The quantitative estimate of drug-likeness (QED) is 0.895. The van der Waals surface area contributed by atoms with Crippen molar-refractivity contribution in [2.45, 2.75) is 12.6 Å². The van der Waals surface area contributed by atoms with E-state index in [1.165, 1.54) is 0 Å². The molecule has 2 heterocycles. The number of carbonyl (C=O) groups is 1. The molecule has 100 valence electrons. The van der Waals surface area contributed by atoms with Crippen molar-refractivity contribution < 1.29 is 18.0 Å². The molecular weight excluding hydrogens is 335 g/mol. The molecule has 0 radical (unpaired) electrons. The minimum atomic E-state index is -4.48. The SMILES string of the molecule is NC(=O)[C@H]1CCN(c2nc(C(F)(F)F)c(Br)s2)C1. The lowest BCUT2D eigenvalue weighted by molar-refractivity contribution is -0.141. The molecule has 1 aromatic rings. The van der Waals surface area contributed by atoms with Crippen molar-refractivity contribution >= 4 is 38.3 Å². The van der Waals surface area contributed by atoms with Crippen LogP contribution in [-0.4, -0.2) is 24.0 Å². The fourth-order valence-electron chi connectivity index (χ4n) is 1.77. The summed E-state index contributed by atoms with van der Waals surface area (Å²) in [7, 11) is 0. The summed E-state index contributed by atoms with van der Waals surface area (Å²) in [4.78, 5) is 16.2. The molecule has 1 amide bonds. The van der Waals surface area contributed by atoms with Crippen LogP contribution in [0.25, 0.3) is 0 Å². The molecule has 2 N–H and O–H groups in total. The van der Waals surface area contributed by atoms with Gasteiger partial charge >= 0.3 is 6.18 Å². The second-order valence-corrected chi connectivity index (χ2v) is 6.25. The lowest BCUT2D eigenvalue weighted by atomic mass is 10.1. The molecule has 1 aliphatic heterocycles. The Morgan fingerprint density at radius 3 is 2.67 bits per heavy atom. The Balaban J connectivity index is 2.19. The van der Waals surface area contributed by atoms with Gasteiger partial charge in [0, 0.05) is 13.1 Å². The van der Waals surface area contributed by atoms with E-state index in [0.717, 1.165) is 11.3 Å². The van der Waals surface area contributed by atoms with Gasteiger partial charge in [-0.1, -0.05) is 11.3 Å². The van der Waals surface area contributed by atoms with E-state index >= 15 is 0 Å². The Kier molecular flexibility index (Phi) is 3.54.